The van der Waals surface area contributed by atoms with Crippen LogP contribution in [0.5, 0.6) is 5.75 Å². The van der Waals surface area contributed by atoms with Crippen LogP contribution in [-0.2, 0) is 19.1 Å². The molecule has 1 aliphatic rings. The lowest BCUT2D eigenvalue weighted by atomic mass is 10.2. The molecule has 9 nitrogen and oxygen atoms in total. The van der Waals surface area contributed by atoms with Crippen LogP contribution in [0.4, 0.5) is 14.9 Å². The van der Waals surface area contributed by atoms with Gasteiger partial charge in [-0.3, -0.25) is 9.59 Å². The maximum atomic E-state index is 13.7. The lowest BCUT2D eigenvalue weighted by Gasteiger charge is -2.12. The fraction of sp³-hybridized carbons (Fsp3) is 0.143. The van der Waals surface area contributed by atoms with Gasteiger partial charge in [-0.1, -0.05) is 23.7 Å². The van der Waals surface area contributed by atoms with E-state index in [1.165, 1.54) is 43.5 Å². The first kappa shape index (κ1) is 24.2. The van der Waals surface area contributed by atoms with Gasteiger partial charge in [-0.15, -0.1) is 0 Å². The molecule has 3 rings (SSSR count). The Bertz CT molecular complexity index is 1150. The molecule has 0 aliphatic carbocycles. The highest BCUT2D eigenvalue weighted by atomic mass is 79.9. The van der Waals surface area contributed by atoms with Crippen molar-refractivity contribution in [1.29, 1.82) is 0 Å². The summed E-state index contributed by atoms with van der Waals surface area (Å²) in [7, 11) is 1.22. The Kier molecular flexibility index (Phi) is 7.67. The van der Waals surface area contributed by atoms with Crippen LogP contribution in [0.3, 0.4) is 0 Å². The van der Waals surface area contributed by atoms with Crippen LogP contribution in [0.25, 0.3) is 6.08 Å². The number of carbonyl (C=O) groups is 4. The third-order valence-electron chi connectivity index (χ3n) is 4.31. The molecule has 1 aliphatic heterocycles. The number of anilines is 1. The van der Waals surface area contributed by atoms with Crippen molar-refractivity contribution in [3.8, 4) is 5.75 Å². The molecule has 0 atom stereocenters. The van der Waals surface area contributed by atoms with Gasteiger partial charge in [0, 0.05) is 0 Å². The number of amides is 4. The number of methoxy groups -OCH3 is 1. The normalized spacial score (nSPS) is 14.3. The highest BCUT2D eigenvalue weighted by molar-refractivity contribution is 9.10. The lowest BCUT2D eigenvalue weighted by Crippen LogP contribution is -2.38. The van der Waals surface area contributed by atoms with Crippen LogP contribution < -0.4 is 15.4 Å². The van der Waals surface area contributed by atoms with Crippen molar-refractivity contribution < 1.29 is 33.0 Å². The van der Waals surface area contributed by atoms with E-state index in [9.17, 15) is 23.6 Å². The van der Waals surface area contributed by atoms with Gasteiger partial charge in [0.2, 0.25) is 5.91 Å². The van der Waals surface area contributed by atoms with E-state index in [0.717, 1.165) is 0 Å². The summed E-state index contributed by atoms with van der Waals surface area (Å²) < 4.78 is 23.9. The second-order valence-electron chi connectivity index (χ2n) is 6.59. The number of halogens is 3. The molecule has 2 aromatic carbocycles. The van der Waals surface area contributed by atoms with Crippen LogP contribution in [0.1, 0.15) is 5.56 Å². The van der Waals surface area contributed by atoms with E-state index in [1.54, 1.807) is 6.07 Å². The summed E-state index contributed by atoms with van der Waals surface area (Å²) in [5.41, 5.74) is 0.266. The molecule has 0 bridgehead atoms. The van der Waals surface area contributed by atoms with E-state index in [0.29, 0.717) is 14.9 Å². The van der Waals surface area contributed by atoms with Gasteiger partial charge in [0.05, 0.1) is 22.3 Å². The summed E-state index contributed by atoms with van der Waals surface area (Å²) in [5.74, 6) is -2.55. The minimum Gasteiger partial charge on any atom is -0.479 e. The third-order valence-corrected chi connectivity index (χ3v) is 5.18. The summed E-state index contributed by atoms with van der Waals surface area (Å²) >= 11 is 9.47. The first-order valence-electron chi connectivity index (χ1n) is 9.27. The predicted molar refractivity (Wildman–Crippen MR) is 120 cm³/mol. The first-order valence-corrected chi connectivity index (χ1v) is 10.4. The smallest absolute Gasteiger partial charge is 0.343 e. The van der Waals surface area contributed by atoms with E-state index in [4.69, 9.17) is 16.3 Å². The minimum atomic E-state index is -0.807. The number of hydrogen-bond acceptors (Lipinski definition) is 6. The zero-order valence-corrected chi connectivity index (χ0v) is 19.3. The zero-order valence-electron chi connectivity index (χ0n) is 17.0. The Labute approximate surface area is 200 Å². The number of nitrogens with one attached hydrogen (secondary N) is 2. The van der Waals surface area contributed by atoms with Gasteiger partial charge in [-0.2, -0.15) is 0 Å². The van der Waals surface area contributed by atoms with Crippen LogP contribution >= 0.6 is 27.5 Å². The van der Waals surface area contributed by atoms with Crippen LogP contribution in [-0.4, -0.2) is 49.0 Å². The molecular formula is C21H16BrClFN3O6. The van der Waals surface area contributed by atoms with E-state index >= 15 is 0 Å². The fourth-order valence-electron chi connectivity index (χ4n) is 2.77. The number of rotatable bonds is 7. The fourth-order valence-corrected chi connectivity index (χ4v) is 3.76. The van der Waals surface area contributed by atoms with Gasteiger partial charge >= 0.3 is 12.0 Å². The largest absolute Gasteiger partial charge is 0.479 e. The maximum absolute atomic E-state index is 13.7. The molecule has 0 spiro atoms. The van der Waals surface area contributed by atoms with Crippen molar-refractivity contribution in [2.75, 3.05) is 25.6 Å². The number of carbonyl (C=O) groups excluding carboxylic acids is 4. The van der Waals surface area contributed by atoms with Gasteiger partial charge in [0.25, 0.3) is 5.91 Å². The summed E-state index contributed by atoms with van der Waals surface area (Å²) in [5, 5.41) is 4.82. The van der Waals surface area contributed by atoms with Gasteiger partial charge in [0.15, 0.2) is 12.4 Å². The Morgan fingerprint density at radius 2 is 2.00 bits per heavy atom. The SMILES string of the molecule is COC(=O)COc1c(Cl)cc(/C=C2/NC(=O)N(CC(=O)Nc3ccccc3F)C2=O)cc1Br. The standard InChI is InChI=1S/C21H16BrClFN3O6/c1-32-18(29)10-33-19-12(22)6-11(7-13(19)23)8-16-20(30)27(21(31)26-16)9-17(28)25-15-5-3-2-4-14(15)24/h2-8H,9-10H2,1H3,(H,25,28)(H,26,31)/b16-8+. The summed E-state index contributed by atoms with van der Waals surface area (Å²) in [4.78, 5) is 49.0. The molecule has 172 valence electrons. The zero-order chi connectivity index (χ0) is 24.1. The molecule has 2 N–H and O–H groups in total. The van der Waals surface area contributed by atoms with E-state index in [1.807, 2.05) is 0 Å². The number of hydrogen-bond donors (Lipinski definition) is 2. The number of imide groups is 1. The van der Waals surface area contributed by atoms with Crippen molar-refractivity contribution in [2.24, 2.45) is 0 Å². The van der Waals surface area contributed by atoms with Crippen LogP contribution in [0, 0.1) is 5.82 Å². The minimum absolute atomic E-state index is 0.0701. The van der Waals surface area contributed by atoms with Crippen molar-refractivity contribution >= 4 is 63.1 Å². The Balaban J connectivity index is 1.72. The van der Waals surface area contributed by atoms with Crippen molar-refractivity contribution in [3.63, 3.8) is 0 Å². The van der Waals surface area contributed by atoms with Gasteiger partial charge in [-0.05, 0) is 51.8 Å². The van der Waals surface area contributed by atoms with Gasteiger partial charge < -0.3 is 20.1 Å². The summed E-state index contributed by atoms with van der Waals surface area (Å²) in [6.07, 6.45) is 1.36. The first-order chi connectivity index (χ1) is 15.7. The Hall–Kier alpha value is -3.44. The van der Waals surface area contributed by atoms with E-state index < -0.39 is 36.2 Å². The molecule has 1 saturated heterocycles. The molecule has 1 heterocycles. The molecule has 4 amide bonds. The van der Waals surface area contributed by atoms with Crippen molar-refractivity contribution in [2.45, 2.75) is 0 Å². The number of para-hydroxylation sites is 1. The molecule has 12 heteroatoms. The second kappa shape index (κ2) is 10.5. The second-order valence-corrected chi connectivity index (χ2v) is 7.85. The van der Waals surface area contributed by atoms with Crippen molar-refractivity contribution in [3.05, 3.63) is 63.0 Å². The van der Waals surface area contributed by atoms with Gasteiger partial charge in [0.1, 0.15) is 18.1 Å². The highest BCUT2D eigenvalue weighted by Gasteiger charge is 2.35. The lowest BCUT2D eigenvalue weighted by molar-refractivity contribution is -0.142. The topological polar surface area (TPSA) is 114 Å². The quantitative estimate of drug-likeness (QED) is 0.316. The molecule has 0 unspecified atom stereocenters. The number of urea groups is 1. The molecule has 33 heavy (non-hydrogen) atoms. The Morgan fingerprint density at radius 1 is 1.27 bits per heavy atom. The molecular weight excluding hydrogens is 525 g/mol. The monoisotopic (exact) mass is 539 g/mol. The predicted octanol–water partition coefficient (Wildman–Crippen LogP) is 3.32. The number of benzene rings is 2. The average Bonchev–Trinajstić information content (AvgIpc) is 3.01. The summed E-state index contributed by atoms with van der Waals surface area (Å²) in [6.45, 7) is -0.963. The number of nitrogens with zero attached hydrogens (tertiary/aromatic N) is 1. The molecule has 2 aromatic rings. The summed E-state index contributed by atoms with van der Waals surface area (Å²) in [6, 6.07) is 7.71. The molecule has 0 aromatic heterocycles. The van der Waals surface area contributed by atoms with E-state index in [2.05, 4.69) is 31.3 Å². The average molecular weight is 541 g/mol. The number of ether oxygens (including phenoxy) is 2. The molecule has 1 fully saturated rings. The van der Waals surface area contributed by atoms with Crippen molar-refractivity contribution in [1.82, 2.24) is 10.2 Å². The number of esters is 1. The van der Waals surface area contributed by atoms with E-state index in [-0.39, 0.29) is 28.8 Å². The third kappa shape index (κ3) is 5.88. The Morgan fingerprint density at radius 3 is 2.67 bits per heavy atom. The van der Waals surface area contributed by atoms with Crippen LogP contribution in [0.2, 0.25) is 5.02 Å². The van der Waals surface area contributed by atoms with Crippen LogP contribution in [0.15, 0.2) is 46.6 Å². The molecule has 0 radical (unpaired) electrons. The highest BCUT2D eigenvalue weighted by Crippen LogP contribution is 2.35. The molecule has 0 saturated carbocycles. The maximum Gasteiger partial charge on any atom is 0.343 e. The van der Waals surface area contributed by atoms with Gasteiger partial charge in [-0.25, -0.2) is 18.9 Å².